The van der Waals surface area contributed by atoms with Gasteiger partial charge in [0.05, 0.1) is 6.61 Å². The second kappa shape index (κ2) is 7.46. The van der Waals surface area contributed by atoms with Crippen molar-refractivity contribution in [2.75, 3.05) is 18.1 Å². The lowest BCUT2D eigenvalue weighted by molar-refractivity contribution is 0.0989. The van der Waals surface area contributed by atoms with E-state index in [1.54, 1.807) is 17.0 Å². The number of rotatable bonds is 6. The molecule has 0 aliphatic rings. The summed E-state index contributed by atoms with van der Waals surface area (Å²) >= 11 is 0. The molecule has 1 amide bonds. The summed E-state index contributed by atoms with van der Waals surface area (Å²) in [6, 6.07) is 15.1. The van der Waals surface area contributed by atoms with Gasteiger partial charge in [0.2, 0.25) is 0 Å². The molecule has 22 heavy (non-hydrogen) atoms. The fourth-order valence-corrected chi connectivity index (χ4v) is 2.30. The molecule has 2 aromatic carbocycles. The van der Waals surface area contributed by atoms with Crippen LogP contribution in [-0.4, -0.2) is 19.1 Å². The average Bonchev–Trinajstić information content (AvgIpc) is 2.55. The van der Waals surface area contributed by atoms with Gasteiger partial charge in [-0.05, 0) is 49.7 Å². The van der Waals surface area contributed by atoms with Gasteiger partial charge in [0, 0.05) is 17.8 Å². The molecule has 2 rings (SSSR count). The molecule has 0 aliphatic carbocycles. The molecule has 114 valence electrons. The van der Waals surface area contributed by atoms with Gasteiger partial charge in [-0.25, -0.2) is 0 Å². The summed E-state index contributed by atoms with van der Waals surface area (Å²) in [7, 11) is 0. The fourth-order valence-electron chi connectivity index (χ4n) is 2.30. The molecule has 0 saturated heterocycles. The lowest BCUT2D eigenvalue weighted by Gasteiger charge is -2.22. The Kier molecular flexibility index (Phi) is 5.37. The summed E-state index contributed by atoms with van der Waals surface area (Å²) in [5.41, 5.74) is 2.46. The first-order valence-electron chi connectivity index (χ1n) is 7.38. The van der Waals surface area contributed by atoms with Crippen LogP contribution in [0.5, 0.6) is 5.75 Å². The number of carbonyl (C=O) groups excluding carboxylic acids is 1. The van der Waals surface area contributed by atoms with Crippen molar-refractivity contribution in [2.24, 2.45) is 0 Å². The SMILES string of the molecule is C=CCN(C(=O)c1ccc(OCC)c(C)c1)c1ccccc1. The van der Waals surface area contributed by atoms with Gasteiger partial charge in [-0.2, -0.15) is 0 Å². The standard InChI is InChI=1S/C19H21NO2/c1-4-13-20(17-9-7-6-8-10-17)19(21)16-11-12-18(22-5-2)15(3)14-16/h4,6-12,14H,1,5,13H2,2-3H3. The third-order valence-corrected chi connectivity index (χ3v) is 3.35. The van der Waals surface area contributed by atoms with E-state index in [-0.39, 0.29) is 5.91 Å². The highest BCUT2D eigenvalue weighted by Crippen LogP contribution is 2.22. The van der Waals surface area contributed by atoms with Gasteiger partial charge in [0.25, 0.3) is 5.91 Å². The van der Waals surface area contributed by atoms with E-state index in [2.05, 4.69) is 6.58 Å². The van der Waals surface area contributed by atoms with Crippen LogP contribution in [0.1, 0.15) is 22.8 Å². The van der Waals surface area contributed by atoms with Crippen molar-refractivity contribution < 1.29 is 9.53 Å². The van der Waals surface area contributed by atoms with E-state index in [1.165, 1.54) is 0 Å². The molecule has 2 aromatic rings. The van der Waals surface area contributed by atoms with E-state index in [4.69, 9.17) is 4.74 Å². The molecular weight excluding hydrogens is 274 g/mol. The van der Waals surface area contributed by atoms with E-state index >= 15 is 0 Å². The van der Waals surface area contributed by atoms with Crippen LogP contribution in [0.15, 0.2) is 61.2 Å². The highest BCUT2D eigenvalue weighted by molar-refractivity contribution is 6.06. The van der Waals surface area contributed by atoms with Crippen LogP contribution in [0.2, 0.25) is 0 Å². The van der Waals surface area contributed by atoms with E-state index < -0.39 is 0 Å². The van der Waals surface area contributed by atoms with Gasteiger partial charge in [-0.1, -0.05) is 24.3 Å². The molecule has 3 heteroatoms. The first-order chi connectivity index (χ1) is 10.7. The molecule has 0 unspecified atom stereocenters. The number of benzene rings is 2. The van der Waals surface area contributed by atoms with Crippen LogP contribution < -0.4 is 9.64 Å². The predicted octanol–water partition coefficient (Wildman–Crippen LogP) is 4.23. The second-order valence-corrected chi connectivity index (χ2v) is 4.95. The molecular formula is C19H21NO2. The molecule has 0 spiro atoms. The van der Waals surface area contributed by atoms with Gasteiger partial charge in [-0.15, -0.1) is 6.58 Å². The van der Waals surface area contributed by atoms with Crippen LogP contribution >= 0.6 is 0 Å². The molecule has 0 atom stereocenters. The first-order valence-corrected chi connectivity index (χ1v) is 7.38. The number of aryl methyl sites for hydroxylation is 1. The summed E-state index contributed by atoms with van der Waals surface area (Å²) < 4.78 is 5.52. The van der Waals surface area contributed by atoms with Crippen molar-refractivity contribution >= 4 is 11.6 Å². The zero-order valence-electron chi connectivity index (χ0n) is 13.1. The number of carbonyl (C=O) groups is 1. The number of para-hydroxylation sites is 1. The monoisotopic (exact) mass is 295 g/mol. The van der Waals surface area contributed by atoms with Crippen molar-refractivity contribution in [2.45, 2.75) is 13.8 Å². The fraction of sp³-hybridized carbons (Fsp3) is 0.211. The molecule has 0 aliphatic heterocycles. The zero-order chi connectivity index (χ0) is 15.9. The zero-order valence-corrected chi connectivity index (χ0v) is 13.1. The maximum atomic E-state index is 12.8. The Morgan fingerprint density at radius 3 is 2.55 bits per heavy atom. The van der Waals surface area contributed by atoms with Crippen LogP contribution in [0, 0.1) is 6.92 Å². The van der Waals surface area contributed by atoms with Gasteiger partial charge in [-0.3, -0.25) is 4.79 Å². The molecule has 0 bridgehead atoms. The normalized spacial score (nSPS) is 10.1. The average molecular weight is 295 g/mol. The van der Waals surface area contributed by atoms with Crippen molar-refractivity contribution in [1.82, 2.24) is 0 Å². The first kappa shape index (κ1) is 15.8. The quantitative estimate of drug-likeness (QED) is 0.746. The third-order valence-electron chi connectivity index (χ3n) is 3.35. The van der Waals surface area contributed by atoms with Crippen molar-refractivity contribution in [3.05, 3.63) is 72.3 Å². The summed E-state index contributed by atoms with van der Waals surface area (Å²) in [4.78, 5) is 14.5. The van der Waals surface area contributed by atoms with Gasteiger partial charge < -0.3 is 9.64 Å². The highest BCUT2D eigenvalue weighted by atomic mass is 16.5. The molecule has 0 fully saturated rings. The predicted molar refractivity (Wildman–Crippen MR) is 90.7 cm³/mol. The number of amides is 1. The Morgan fingerprint density at radius 2 is 1.95 bits per heavy atom. The Balaban J connectivity index is 2.31. The smallest absolute Gasteiger partial charge is 0.258 e. The summed E-state index contributed by atoms with van der Waals surface area (Å²) in [6.45, 7) is 8.71. The van der Waals surface area contributed by atoms with Crippen molar-refractivity contribution in [3.63, 3.8) is 0 Å². The van der Waals surface area contributed by atoms with E-state index in [1.807, 2.05) is 56.3 Å². The van der Waals surface area contributed by atoms with Crippen LogP contribution in [0.4, 0.5) is 5.69 Å². The van der Waals surface area contributed by atoms with Crippen molar-refractivity contribution in [3.8, 4) is 5.75 Å². The minimum absolute atomic E-state index is 0.0442. The Bertz CT molecular complexity index is 650. The lowest BCUT2D eigenvalue weighted by atomic mass is 10.1. The Morgan fingerprint density at radius 1 is 1.23 bits per heavy atom. The van der Waals surface area contributed by atoms with Crippen LogP contribution in [-0.2, 0) is 0 Å². The van der Waals surface area contributed by atoms with E-state index in [0.29, 0.717) is 18.7 Å². The molecule has 0 N–H and O–H groups in total. The van der Waals surface area contributed by atoms with Crippen LogP contribution in [0.3, 0.4) is 0 Å². The Labute approximate surface area is 131 Å². The second-order valence-electron chi connectivity index (χ2n) is 4.95. The van der Waals surface area contributed by atoms with Gasteiger partial charge in [0.15, 0.2) is 0 Å². The van der Waals surface area contributed by atoms with Crippen LogP contribution in [0.25, 0.3) is 0 Å². The molecule has 0 aromatic heterocycles. The lowest BCUT2D eigenvalue weighted by Crippen LogP contribution is -2.31. The maximum Gasteiger partial charge on any atom is 0.258 e. The number of ether oxygens (including phenoxy) is 1. The van der Waals surface area contributed by atoms with Gasteiger partial charge in [0.1, 0.15) is 5.75 Å². The summed E-state index contributed by atoms with van der Waals surface area (Å²) in [6.07, 6.45) is 1.73. The minimum atomic E-state index is -0.0442. The largest absolute Gasteiger partial charge is 0.494 e. The minimum Gasteiger partial charge on any atom is -0.494 e. The summed E-state index contributed by atoms with van der Waals surface area (Å²) in [5, 5.41) is 0. The number of nitrogens with zero attached hydrogens (tertiary/aromatic N) is 1. The molecule has 3 nitrogen and oxygen atoms in total. The molecule has 0 heterocycles. The van der Waals surface area contributed by atoms with Gasteiger partial charge >= 0.3 is 0 Å². The Hall–Kier alpha value is -2.55. The number of hydrogen-bond acceptors (Lipinski definition) is 2. The topological polar surface area (TPSA) is 29.5 Å². The third kappa shape index (κ3) is 3.55. The van der Waals surface area contributed by atoms with E-state index in [0.717, 1.165) is 17.0 Å². The number of hydrogen-bond donors (Lipinski definition) is 0. The summed E-state index contributed by atoms with van der Waals surface area (Å²) in [5.74, 6) is 0.770. The van der Waals surface area contributed by atoms with E-state index in [9.17, 15) is 4.79 Å². The highest BCUT2D eigenvalue weighted by Gasteiger charge is 2.17. The number of anilines is 1. The molecule has 0 saturated carbocycles. The van der Waals surface area contributed by atoms with Crippen molar-refractivity contribution in [1.29, 1.82) is 0 Å². The molecule has 0 radical (unpaired) electrons. The maximum absolute atomic E-state index is 12.8.